The van der Waals surface area contributed by atoms with E-state index in [1.54, 1.807) is 0 Å². The Morgan fingerprint density at radius 2 is 1.97 bits per heavy atom. The summed E-state index contributed by atoms with van der Waals surface area (Å²) in [6, 6.07) is 3.67. The molecule has 0 unspecified atom stereocenters. The average Bonchev–Trinajstić information content (AvgIpc) is 2.96. The summed E-state index contributed by atoms with van der Waals surface area (Å²) < 4.78 is 0. The maximum atomic E-state index is 13.0. The number of amides is 2. The highest BCUT2D eigenvalue weighted by molar-refractivity contribution is 7.15. The van der Waals surface area contributed by atoms with E-state index >= 15 is 0 Å². The van der Waals surface area contributed by atoms with Crippen LogP contribution in [0.1, 0.15) is 27.3 Å². The number of aromatic nitrogens is 1. The molecule has 0 saturated carbocycles. The third kappa shape index (κ3) is 6.48. The second-order valence-electron chi connectivity index (χ2n) is 7.01. The van der Waals surface area contributed by atoms with Gasteiger partial charge in [-0.2, -0.15) is 0 Å². The Morgan fingerprint density at radius 3 is 2.50 bits per heavy atom. The van der Waals surface area contributed by atoms with Crippen molar-refractivity contribution in [3.63, 3.8) is 0 Å². The van der Waals surface area contributed by atoms with Crippen LogP contribution in [0.4, 0.5) is 10.8 Å². The lowest BCUT2D eigenvalue weighted by molar-refractivity contribution is -0.384. The first kappa shape index (κ1) is 23.7. The van der Waals surface area contributed by atoms with Gasteiger partial charge in [-0.15, -0.1) is 11.3 Å². The van der Waals surface area contributed by atoms with Crippen LogP contribution in [0.15, 0.2) is 18.2 Å². The van der Waals surface area contributed by atoms with Gasteiger partial charge in [-0.25, -0.2) is 4.98 Å². The van der Waals surface area contributed by atoms with Gasteiger partial charge in [0.05, 0.1) is 21.2 Å². The Hall–Kier alpha value is -2.56. The van der Waals surface area contributed by atoms with Crippen molar-refractivity contribution >= 4 is 45.6 Å². The van der Waals surface area contributed by atoms with E-state index in [2.05, 4.69) is 10.3 Å². The van der Waals surface area contributed by atoms with Crippen molar-refractivity contribution in [2.24, 2.45) is 0 Å². The molecule has 0 fully saturated rings. The van der Waals surface area contributed by atoms with Crippen LogP contribution in [0, 0.1) is 24.0 Å². The van der Waals surface area contributed by atoms with Gasteiger partial charge in [-0.05, 0) is 47.0 Å². The smallest absolute Gasteiger partial charge is 0.270 e. The zero-order valence-corrected chi connectivity index (χ0v) is 18.8. The van der Waals surface area contributed by atoms with E-state index < -0.39 is 10.8 Å². The van der Waals surface area contributed by atoms with Crippen LogP contribution < -0.4 is 5.32 Å². The number of halogens is 1. The summed E-state index contributed by atoms with van der Waals surface area (Å²) in [5, 5.41) is 14.1. The number of anilines is 1. The zero-order valence-electron chi connectivity index (χ0n) is 17.3. The number of non-ortho nitro benzene ring substituents is 1. The van der Waals surface area contributed by atoms with Crippen LogP contribution in [0.5, 0.6) is 0 Å². The molecule has 2 amide bonds. The van der Waals surface area contributed by atoms with Gasteiger partial charge in [0.2, 0.25) is 5.91 Å². The summed E-state index contributed by atoms with van der Waals surface area (Å²) >= 11 is 7.48. The van der Waals surface area contributed by atoms with Crippen molar-refractivity contribution in [3.8, 4) is 0 Å². The molecule has 0 bridgehead atoms. The summed E-state index contributed by atoms with van der Waals surface area (Å²) in [5.74, 6) is -0.838. The molecule has 0 radical (unpaired) electrons. The van der Waals surface area contributed by atoms with E-state index in [0.29, 0.717) is 18.1 Å². The quantitative estimate of drug-likeness (QED) is 0.460. The Labute approximate surface area is 183 Å². The van der Waals surface area contributed by atoms with E-state index in [4.69, 9.17) is 11.6 Å². The highest BCUT2D eigenvalue weighted by atomic mass is 35.5. The molecule has 2 aromatic rings. The highest BCUT2D eigenvalue weighted by Crippen LogP contribution is 2.24. The van der Waals surface area contributed by atoms with Crippen LogP contribution >= 0.6 is 22.9 Å². The lowest BCUT2D eigenvalue weighted by atomic mass is 10.1. The number of carbonyl (C=O) groups is 2. The van der Waals surface area contributed by atoms with E-state index in [1.807, 2.05) is 32.8 Å². The number of hydrogen-bond donors (Lipinski definition) is 1. The van der Waals surface area contributed by atoms with E-state index in [-0.39, 0.29) is 28.7 Å². The van der Waals surface area contributed by atoms with Gasteiger partial charge in [0.15, 0.2) is 5.13 Å². The molecule has 0 saturated heterocycles. The minimum Gasteiger partial charge on any atom is -0.329 e. The first-order valence-corrected chi connectivity index (χ1v) is 10.4. The number of nitrogens with one attached hydrogen (secondary N) is 1. The Kier molecular flexibility index (Phi) is 8.27. The standard InChI is InChI=1S/C19H24ClN5O4S/c1-12-13(2)30-19(21-12)22-17(26)11-24(9-5-8-23(3)4)18(27)15-7-6-14(25(28)29)10-16(15)20/h6-7,10H,5,8-9,11H2,1-4H3,(H,21,22,26). The lowest BCUT2D eigenvalue weighted by Gasteiger charge is -2.23. The van der Waals surface area contributed by atoms with Gasteiger partial charge in [0.1, 0.15) is 6.54 Å². The molecule has 0 aliphatic carbocycles. The van der Waals surface area contributed by atoms with E-state index in [1.165, 1.54) is 28.4 Å². The van der Waals surface area contributed by atoms with E-state index in [9.17, 15) is 19.7 Å². The van der Waals surface area contributed by atoms with Gasteiger partial charge in [0, 0.05) is 23.6 Å². The molecule has 1 aromatic heterocycles. The van der Waals surface area contributed by atoms with Crippen molar-refractivity contribution in [3.05, 3.63) is 49.5 Å². The first-order chi connectivity index (χ1) is 14.1. The predicted octanol–water partition coefficient (Wildman–Crippen LogP) is 3.35. The molecule has 1 heterocycles. The van der Waals surface area contributed by atoms with Crippen LogP contribution in [-0.2, 0) is 4.79 Å². The number of hydrogen-bond acceptors (Lipinski definition) is 7. The molecule has 0 aliphatic rings. The minimum absolute atomic E-state index is 0.0293. The largest absolute Gasteiger partial charge is 0.329 e. The number of nitrogens with zero attached hydrogens (tertiary/aromatic N) is 4. The van der Waals surface area contributed by atoms with Crippen molar-refractivity contribution in [2.75, 3.05) is 39.0 Å². The fourth-order valence-corrected chi connectivity index (χ4v) is 3.74. The summed E-state index contributed by atoms with van der Waals surface area (Å²) in [6.45, 7) is 4.64. The fraction of sp³-hybridized carbons (Fsp3) is 0.421. The van der Waals surface area contributed by atoms with Gasteiger partial charge in [-0.3, -0.25) is 19.7 Å². The second kappa shape index (κ2) is 10.5. The van der Waals surface area contributed by atoms with E-state index in [0.717, 1.165) is 23.2 Å². The number of rotatable bonds is 9. The molecule has 1 N–H and O–H groups in total. The Bertz CT molecular complexity index is 928. The van der Waals surface area contributed by atoms with Gasteiger partial charge in [0.25, 0.3) is 11.6 Å². The van der Waals surface area contributed by atoms with Crippen molar-refractivity contribution in [2.45, 2.75) is 20.3 Å². The Balaban J connectivity index is 2.17. The molecule has 11 heteroatoms. The van der Waals surface area contributed by atoms with Gasteiger partial charge < -0.3 is 15.1 Å². The summed E-state index contributed by atoms with van der Waals surface area (Å²) in [4.78, 5) is 44.5. The Morgan fingerprint density at radius 1 is 1.27 bits per heavy atom. The van der Waals surface area contributed by atoms with Crippen molar-refractivity contribution in [1.29, 1.82) is 0 Å². The third-order valence-electron chi connectivity index (χ3n) is 4.32. The molecular weight excluding hydrogens is 430 g/mol. The molecule has 162 valence electrons. The molecular formula is C19H24ClN5O4S. The molecule has 0 aliphatic heterocycles. The number of nitro benzene ring substituents is 1. The predicted molar refractivity (Wildman–Crippen MR) is 117 cm³/mol. The number of carbonyl (C=O) groups excluding carboxylic acids is 2. The average molecular weight is 454 g/mol. The normalized spacial score (nSPS) is 10.9. The molecule has 1 aromatic carbocycles. The maximum Gasteiger partial charge on any atom is 0.270 e. The topological polar surface area (TPSA) is 109 Å². The number of aryl methyl sites for hydroxylation is 2. The number of benzene rings is 1. The number of nitro groups is 1. The fourth-order valence-electron chi connectivity index (χ4n) is 2.65. The molecule has 30 heavy (non-hydrogen) atoms. The van der Waals surface area contributed by atoms with Crippen molar-refractivity contribution < 1.29 is 14.5 Å². The third-order valence-corrected chi connectivity index (χ3v) is 5.62. The molecule has 9 nitrogen and oxygen atoms in total. The van der Waals surface area contributed by atoms with Gasteiger partial charge in [-0.1, -0.05) is 11.6 Å². The lowest BCUT2D eigenvalue weighted by Crippen LogP contribution is -2.39. The maximum absolute atomic E-state index is 13.0. The van der Waals surface area contributed by atoms with Gasteiger partial charge >= 0.3 is 0 Å². The van der Waals surface area contributed by atoms with Crippen molar-refractivity contribution in [1.82, 2.24) is 14.8 Å². The molecule has 0 spiro atoms. The summed E-state index contributed by atoms with van der Waals surface area (Å²) in [5.41, 5.74) is 0.746. The van der Waals surface area contributed by atoms with Crippen LogP contribution in [0.3, 0.4) is 0 Å². The minimum atomic E-state index is -0.583. The van der Waals surface area contributed by atoms with Crippen LogP contribution in [0.25, 0.3) is 0 Å². The number of thiazole rings is 1. The second-order valence-corrected chi connectivity index (χ2v) is 8.62. The molecule has 0 atom stereocenters. The zero-order chi connectivity index (χ0) is 22.4. The highest BCUT2D eigenvalue weighted by Gasteiger charge is 2.23. The van der Waals surface area contributed by atoms with Crippen LogP contribution in [-0.4, -0.2) is 65.3 Å². The molecule has 2 rings (SSSR count). The SMILES string of the molecule is Cc1nc(NC(=O)CN(CCCN(C)C)C(=O)c2ccc([N+](=O)[O-])cc2Cl)sc1C. The summed E-state index contributed by atoms with van der Waals surface area (Å²) in [6.07, 6.45) is 0.645. The van der Waals surface area contributed by atoms with Crippen LogP contribution in [0.2, 0.25) is 5.02 Å². The monoisotopic (exact) mass is 453 g/mol. The first-order valence-electron chi connectivity index (χ1n) is 9.20. The summed E-state index contributed by atoms with van der Waals surface area (Å²) in [7, 11) is 3.83.